The van der Waals surface area contributed by atoms with Crippen molar-refractivity contribution < 1.29 is 14.3 Å². The van der Waals surface area contributed by atoms with Crippen LogP contribution in [0, 0.1) is 23.2 Å². The highest BCUT2D eigenvalue weighted by Crippen LogP contribution is 2.60. The van der Waals surface area contributed by atoms with E-state index in [0.29, 0.717) is 23.7 Å². The smallest absolute Gasteiger partial charge is 0.312 e. The number of hydrogen-bond acceptors (Lipinski definition) is 3. The van der Waals surface area contributed by atoms with E-state index in [0.717, 1.165) is 30.5 Å². The molecule has 4 fully saturated rings. The summed E-state index contributed by atoms with van der Waals surface area (Å²) in [4.78, 5) is 25.2. The van der Waals surface area contributed by atoms with Gasteiger partial charge in [0, 0.05) is 5.69 Å². The van der Waals surface area contributed by atoms with Gasteiger partial charge in [0.25, 0.3) is 5.91 Å². The van der Waals surface area contributed by atoms with Crippen molar-refractivity contribution in [2.75, 3.05) is 11.9 Å². The number of rotatable bonds is 5. The Kier molecular flexibility index (Phi) is 4.54. The third kappa shape index (κ3) is 3.26. The molecule has 1 aromatic carbocycles. The average Bonchev–Trinajstić information content (AvgIpc) is 2.58. The number of para-hydroxylation sites is 1. The predicted octanol–water partition coefficient (Wildman–Crippen LogP) is 4.51. The number of hydrogen-bond donors (Lipinski definition) is 1. The maximum atomic E-state index is 12.8. The van der Waals surface area contributed by atoms with Gasteiger partial charge >= 0.3 is 5.97 Å². The van der Waals surface area contributed by atoms with Gasteiger partial charge in [-0.15, -0.1) is 0 Å². The van der Waals surface area contributed by atoms with Gasteiger partial charge in [0.1, 0.15) is 0 Å². The van der Waals surface area contributed by atoms with Gasteiger partial charge in [0.05, 0.1) is 5.41 Å². The third-order valence-electron chi connectivity index (χ3n) is 6.66. The van der Waals surface area contributed by atoms with Crippen LogP contribution in [0.5, 0.6) is 0 Å². The minimum absolute atomic E-state index is 0.135. The van der Waals surface area contributed by atoms with Gasteiger partial charge in [-0.2, -0.15) is 0 Å². The van der Waals surface area contributed by atoms with E-state index in [1.54, 1.807) is 0 Å². The molecule has 4 bridgehead atoms. The Balaban J connectivity index is 1.36. The van der Waals surface area contributed by atoms with Crippen molar-refractivity contribution in [1.29, 1.82) is 0 Å². The molecule has 0 saturated heterocycles. The number of carbonyl (C=O) groups excluding carboxylic acids is 2. The van der Waals surface area contributed by atoms with Crippen LogP contribution in [-0.2, 0) is 14.3 Å². The van der Waals surface area contributed by atoms with Crippen molar-refractivity contribution in [3.8, 4) is 0 Å². The maximum Gasteiger partial charge on any atom is 0.312 e. The monoisotopic (exact) mass is 355 g/mol. The molecule has 1 N–H and O–H groups in total. The van der Waals surface area contributed by atoms with Crippen LogP contribution in [0.4, 0.5) is 5.69 Å². The molecule has 4 saturated carbocycles. The van der Waals surface area contributed by atoms with Crippen LogP contribution in [-0.4, -0.2) is 18.5 Å². The molecule has 140 valence electrons. The van der Waals surface area contributed by atoms with Crippen molar-refractivity contribution >= 4 is 17.6 Å². The fourth-order valence-electron chi connectivity index (χ4n) is 5.95. The fourth-order valence-corrected chi connectivity index (χ4v) is 5.95. The minimum atomic E-state index is -0.301. The summed E-state index contributed by atoms with van der Waals surface area (Å²) in [5.41, 5.74) is 1.59. The highest BCUT2D eigenvalue weighted by atomic mass is 16.5. The molecule has 0 heterocycles. The summed E-state index contributed by atoms with van der Waals surface area (Å²) in [6.45, 7) is 4.00. The van der Waals surface area contributed by atoms with Gasteiger partial charge in [-0.25, -0.2) is 0 Å². The zero-order valence-electron chi connectivity index (χ0n) is 15.8. The van der Waals surface area contributed by atoms with Crippen LogP contribution in [0.15, 0.2) is 24.3 Å². The summed E-state index contributed by atoms with van der Waals surface area (Å²) in [6, 6.07) is 7.79. The second-order valence-corrected chi connectivity index (χ2v) is 9.06. The number of carbonyl (C=O) groups is 2. The van der Waals surface area contributed by atoms with Gasteiger partial charge in [0.2, 0.25) is 0 Å². The van der Waals surface area contributed by atoms with Gasteiger partial charge in [0.15, 0.2) is 6.61 Å². The number of esters is 1. The van der Waals surface area contributed by atoms with E-state index in [1.165, 1.54) is 19.3 Å². The molecule has 0 radical (unpaired) electrons. The number of ether oxygens (including phenoxy) is 1. The van der Waals surface area contributed by atoms with Crippen molar-refractivity contribution in [2.45, 2.75) is 58.3 Å². The first-order valence-corrected chi connectivity index (χ1v) is 10.0. The molecular weight excluding hydrogens is 326 g/mol. The van der Waals surface area contributed by atoms with E-state index in [1.807, 2.05) is 24.3 Å². The van der Waals surface area contributed by atoms with Crippen LogP contribution in [0.1, 0.15) is 63.9 Å². The van der Waals surface area contributed by atoms with E-state index in [-0.39, 0.29) is 23.9 Å². The first-order valence-electron chi connectivity index (χ1n) is 10.0. The molecule has 4 nitrogen and oxygen atoms in total. The summed E-state index contributed by atoms with van der Waals surface area (Å²) in [6.07, 6.45) is 6.78. The van der Waals surface area contributed by atoms with E-state index in [2.05, 4.69) is 19.2 Å². The van der Waals surface area contributed by atoms with Crippen molar-refractivity contribution in [2.24, 2.45) is 23.2 Å². The lowest BCUT2D eigenvalue weighted by molar-refractivity contribution is -0.172. The molecule has 5 rings (SSSR count). The van der Waals surface area contributed by atoms with Crippen LogP contribution < -0.4 is 5.32 Å². The van der Waals surface area contributed by atoms with Crippen LogP contribution >= 0.6 is 0 Å². The summed E-state index contributed by atoms with van der Waals surface area (Å²) < 4.78 is 5.51. The Labute approximate surface area is 155 Å². The lowest BCUT2D eigenvalue weighted by Gasteiger charge is -2.55. The summed E-state index contributed by atoms with van der Waals surface area (Å²) in [5, 5.41) is 2.90. The molecular formula is C22H29NO3. The molecule has 26 heavy (non-hydrogen) atoms. The lowest BCUT2D eigenvalue weighted by atomic mass is 9.49. The van der Waals surface area contributed by atoms with Crippen molar-refractivity contribution in [3.63, 3.8) is 0 Å². The van der Waals surface area contributed by atoms with Gasteiger partial charge < -0.3 is 10.1 Å². The Hall–Kier alpha value is -1.84. The third-order valence-corrected chi connectivity index (χ3v) is 6.66. The average molecular weight is 355 g/mol. The SMILES string of the molecule is CC(C)c1ccccc1NC(=O)COC(=O)C12CC3CC(CC(C3)C1)C2. The molecule has 0 unspecified atom stereocenters. The van der Waals surface area contributed by atoms with Crippen LogP contribution in [0.25, 0.3) is 0 Å². The van der Waals surface area contributed by atoms with E-state index < -0.39 is 0 Å². The molecule has 1 amide bonds. The zero-order chi connectivity index (χ0) is 18.3. The van der Waals surface area contributed by atoms with E-state index in [4.69, 9.17) is 4.74 Å². The molecule has 0 aliphatic heterocycles. The molecule has 4 aliphatic carbocycles. The largest absolute Gasteiger partial charge is 0.455 e. The number of anilines is 1. The molecule has 1 aromatic rings. The number of amides is 1. The second-order valence-electron chi connectivity index (χ2n) is 9.06. The number of benzene rings is 1. The quantitative estimate of drug-likeness (QED) is 0.791. The lowest BCUT2D eigenvalue weighted by Crippen LogP contribution is -2.50. The van der Waals surface area contributed by atoms with Crippen LogP contribution in [0.3, 0.4) is 0 Å². The van der Waals surface area contributed by atoms with Crippen molar-refractivity contribution in [3.05, 3.63) is 29.8 Å². The van der Waals surface area contributed by atoms with Gasteiger partial charge in [-0.05, 0) is 73.8 Å². The highest BCUT2D eigenvalue weighted by molar-refractivity contribution is 5.94. The topological polar surface area (TPSA) is 55.4 Å². The first-order chi connectivity index (χ1) is 12.4. The molecule has 0 atom stereocenters. The first kappa shape index (κ1) is 17.6. The van der Waals surface area contributed by atoms with Gasteiger partial charge in [-0.3, -0.25) is 9.59 Å². The summed E-state index contributed by atoms with van der Waals surface area (Å²) in [5.74, 6) is 2.02. The highest BCUT2D eigenvalue weighted by Gasteiger charge is 2.55. The Morgan fingerprint density at radius 2 is 1.65 bits per heavy atom. The Bertz CT molecular complexity index is 674. The van der Waals surface area contributed by atoms with Crippen molar-refractivity contribution in [1.82, 2.24) is 0 Å². The molecule has 4 heteroatoms. The summed E-state index contributed by atoms with van der Waals surface area (Å²) in [7, 11) is 0. The Morgan fingerprint density at radius 1 is 1.08 bits per heavy atom. The predicted molar refractivity (Wildman–Crippen MR) is 101 cm³/mol. The maximum absolute atomic E-state index is 12.8. The molecule has 4 aliphatic rings. The number of nitrogens with one attached hydrogen (secondary N) is 1. The van der Waals surface area contributed by atoms with Gasteiger partial charge in [-0.1, -0.05) is 32.0 Å². The second kappa shape index (κ2) is 6.71. The fraction of sp³-hybridized carbons (Fsp3) is 0.636. The van der Waals surface area contributed by atoms with Crippen LogP contribution in [0.2, 0.25) is 0 Å². The summed E-state index contributed by atoms with van der Waals surface area (Å²) >= 11 is 0. The molecule has 0 aromatic heterocycles. The van der Waals surface area contributed by atoms with E-state index >= 15 is 0 Å². The minimum Gasteiger partial charge on any atom is -0.455 e. The van der Waals surface area contributed by atoms with E-state index in [9.17, 15) is 9.59 Å². The standard InChI is InChI=1S/C22H29NO3/c1-14(2)18-5-3-4-6-19(18)23-20(24)13-26-21(25)22-10-15-7-16(11-22)9-17(8-15)12-22/h3-6,14-17H,7-13H2,1-2H3,(H,23,24). The Morgan fingerprint density at radius 3 is 2.23 bits per heavy atom. The molecule has 0 spiro atoms. The normalized spacial score (nSPS) is 31.9. The zero-order valence-corrected chi connectivity index (χ0v) is 15.8.